The van der Waals surface area contributed by atoms with Crippen molar-refractivity contribution >= 4 is 17.8 Å². The van der Waals surface area contributed by atoms with Gasteiger partial charge in [0.15, 0.2) is 11.5 Å². The van der Waals surface area contributed by atoms with Gasteiger partial charge in [0.2, 0.25) is 11.7 Å². The fourth-order valence-electron chi connectivity index (χ4n) is 3.72. The second-order valence-electron chi connectivity index (χ2n) is 8.07. The van der Waals surface area contributed by atoms with Crippen LogP contribution < -0.4 is 19.9 Å². The summed E-state index contributed by atoms with van der Waals surface area (Å²) in [4.78, 5) is 38.2. The Morgan fingerprint density at radius 1 is 1.06 bits per heavy atom. The largest absolute Gasteiger partial charge is 0.493 e. The summed E-state index contributed by atoms with van der Waals surface area (Å²) in [5, 5.41) is 9.41. The van der Waals surface area contributed by atoms with Gasteiger partial charge in [0.05, 0.1) is 27.4 Å². The number of aliphatic hydroxyl groups is 1. The SMILES string of the molecule is COc1cc(C(=O)N2C=CC[C@H]2C(=O)O[C@H](C)CCCCC[C@@H](O)C(N)=O)cc(OC)c1OC. The molecule has 0 bridgehead atoms. The molecule has 10 nitrogen and oxygen atoms in total. The maximum Gasteiger partial charge on any atom is 0.329 e. The number of nitrogens with zero attached hydrogens (tertiary/aromatic N) is 1. The molecule has 10 heteroatoms. The fourth-order valence-corrected chi connectivity index (χ4v) is 3.72. The van der Waals surface area contributed by atoms with Crippen molar-refractivity contribution in [3.8, 4) is 17.2 Å². The summed E-state index contributed by atoms with van der Waals surface area (Å²) in [5.74, 6) is -0.558. The Kier molecular flexibility index (Phi) is 10.2. The number of rotatable bonds is 13. The summed E-state index contributed by atoms with van der Waals surface area (Å²) in [6, 6.07) is 2.31. The van der Waals surface area contributed by atoms with Crippen LogP contribution in [0.3, 0.4) is 0 Å². The molecular formula is C24H34N2O8. The third-order valence-corrected chi connectivity index (χ3v) is 5.61. The number of carbonyl (C=O) groups excluding carboxylic acids is 3. The van der Waals surface area contributed by atoms with E-state index in [2.05, 4.69) is 0 Å². The molecule has 1 aromatic carbocycles. The number of carbonyl (C=O) groups is 3. The predicted octanol–water partition coefficient (Wildman–Crippen LogP) is 2.17. The second kappa shape index (κ2) is 12.8. The average Bonchev–Trinajstić information content (AvgIpc) is 3.32. The summed E-state index contributed by atoms with van der Waals surface area (Å²) in [5.41, 5.74) is 5.31. The van der Waals surface area contributed by atoms with Gasteiger partial charge in [-0.1, -0.05) is 18.9 Å². The summed E-state index contributed by atoms with van der Waals surface area (Å²) < 4.78 is 21.5. The van der Waals surface area contributed by atoms with Gasteiger partial charge in [0, 0.05) is 11.8 Å². The summed E-state index contributed by atoms with van der Waals surface area (Å²) in [6.07, 6.45) is 5.32. The minimum Gasteiger partial charge on any atom is -0.493 e. The van der Waals surface area contributed by atoms with Crippen LogP contribution in [0.15, 0.2) is 24.4 Å². The van der Waals surface area contributed by atoms with Crippen molar-refractivity contribution in [2.45, 2.75) is 63.7 Å². The van der Waals surface area contributed by atoms with Crippen molar-refractivity contribution in [2.24, 2.45) is 5.73 Å². The van der Waals surface area contributed by atoms with Crippen LogP contribution in [-0.4, -0.2) is 67.4 Å². The maximum absolute atomic E-state index is 13.2. The van der Waals surface area contributed by atoms with Crippen molar-refractivity contribution in [2.75, 3.05) is 21.3 Å². The second-order valence-corrected chi connectivity index (χ2v) is 8.07. The lowest BCUT2D eigenvalue weighted by Gasteiger charge is -2.25. The first-order valence-corrected chi connectivity index (χ1v) is 11.2. The number of ether oxygens (including phenoxy) is 4. The highest BCUT2D eigenvalue weighted by Gasteiger charge is 2.34. The molecule has 0 spiro atoms. The summed E-state index contributed by atoms with van der Waals surface area (Å²) in [7, 11) is 4.40. The van der Waals surface area contributed by atoms with E-state index in [0.29, 0.717) is 42.9 Å². The topological polar surface area (TPSA) is 138 Å². The van der Waals surface area contributed by atoms with Crippen LogP contribution in [0.4, 0.5) is 0 Å². The highest BCUT2D eigenvalue weighted by atomic mass is 16.5. The van der Waals surface area contributed by atoms with Crippen molar-refractivity contribution in [3.05, 3.63) is 30.0 Å². The standard InChI is InChI=1S/C24H34N2O8/c1-15(9-6-5-7-11-18(27)22(25)28)34-24(30)17-10-8-12-26(17)23(29)16-13-19(31-2)21(33-4)20(14-16)32-3/h8,12-15,17-18,27H,5-7,9-11H2,1-4H3,(H2,25,28)/t15-,17+,18-/m1/s1. The van der Waals surface area contributed by atoms with Crippen LogP contribution >= 0.6 is 0 Å². The molecule has 1 aromatic rings. The van der Waals surface area contributed by atoms with E-state index in [-0.39, 0.29) is 11.7 Å². The van der Waals surface area contributed by atoms with Gasteiger partial charge >= 0.3 is 5.97 Å². The highest BCUT2D eigenvalue weighted by Crippen LogP contribution is 2.38. The molecule has 3 atom stereocenters. The van der Waals surface area contributed by atoms with Gasteiger partial charge < -0.3 is 34.7 Å². The number of amides is 2. The summed E-state index contributed by atoms with van der Waals surface area (Å²) in [6.45, 7) is 1.80. The lowest BCUT2D eigenvalue weighted by molar-refractivity contribution is -0.152. The number of nitrogens with two attached hydrogens (primary N) is 1. The highest BCUT2D eigenvalue weighted by molar-refractivity contribution is 5.99. The minimum absolute atomic E-state index is 0.282. The minimum atomic E-state index is -1.13. The van der Waals surface area contributed by atoms with Gasteiger partial charge in [-0.05, 0) is 44.7 Å². The van der Waals surface area contributed by atoms with Gasteiger partial charge in [0.25, 0.3) is 5.91 Å². The monoisotopic (exact) mass is 478 g/mol. The molecule has 1 heterocycles. The Balaban J connectivity index is 1.95. The first kappa shape index (κ1) is 27.0. The molecular weight excluding hydrogens is 444 g/mol. The lowest BCUT2D eigenvalue weighted by Crippen LogP contribution is -2.40. The molecule has 0 fully saturated rings. The number of primary amides is 1. The molecule has 0 radical (unpaired) electrons. The van der Waals surface area contributed by atoms with Crippen LogP contribution in [0.5, 0.6) is 17.2 Å². The van der Waals surface area contributed by atoms with E-state index in [0.717, 1.165) is 12.8 Å². The van der Waals surface area contributed by atoms with E-state index >= 15 is 0 Å². The number of hydrogen-bond donors (Lipinski definition) is 2. The molecule has 0 saturated heterocycles. The Labute approximate surface area is 199 Å². The van der Waals surface area contributed by atoms with Crippen molar-refractivity contribution in [1.82, 2.24) is 4.90 Å². The lowest BCUT2D eigenvalue weighted by atomic mass is 10.1. The van der Waals surface area contributed by atoms with E-state index in [1.807, 2.05) is 0 Å². The molecule has 1 aliphatic rings. The normalized spacial score (nSPS) is 16.6. The number of hydrogen-bond acceptors (Lipinski definition) is 8. The van der Waals surface area contributed by atoms with Crippen LogP contribution in [0.25, 0.3) is 0 Å². The van der Waals surface area contributed by atoms with Crippen LogP contribution in [0, 0.1) is 0 Å². The van der Waals surface area contributed by atoms with Crippen LogP contribution in [0.1, 0.15) is 55.8 Å². The molecule has 3 N–H and O–H groups in total. The number of methoxy groups -OCH3 is 3. The van der Waals surface area contributed by atoms with E-state index in [1.165, 1.54) is 38.4 Å². The van der Waals surface area contributed by atoms with Crippen LogP contribution in [0.2, 0.25) is 0 Å². The molecule has 0 aromatic heterocycles. The van der Waals surface area contributed by atoms with E-state index in [9.17, 15) is 19.5 Å². The van der Waals surface area contributed by atoms with Gasteiger partial charge in [-0.2, -0.15) is 0 Å². The summed E-state index contributed by atoms with van der Waals surface area (Å²) >= 11 is 0. The number of aliphatic hydroxyl groups excluding tert-OH is 1. The predicted molar refractivity (Wildman–Crippen MR) is 124 cm³/mol. The molecule has 0 saturated carbocycles. The zero-order chi connectivity index (χ0) is 25.3. The van der Waals surface area contributed by atoms with E-state index < -0.39 is 29.9 Å². The molecule has 0 aliphatic carbocycles. The molecule has 2 amide bonds. The Bertz CT molecular complexity index is 876. The number of esters is 1. The van der Waals surface area contributed by atoms with Gasteiger partial charge in [-0.3, -0.25) is 9.59 Å². The third kappa shape index (κ3) is 6.86. The number of unbranched alkanes of at least 4 members (excludes halogenated alkanes) is 2. The molecule has 1 aliphatic heterocycles. The molecule has 34 heavy (non-hydrogen) atoms. The smallest absolute Gasteiger partial charge is 0.329 e. The van der Waals surface area contributed by atoms with E-state index in [1.54, 1.807) is 19.2 Å². The van der Waals surface area contributed by atoms with Crippen LogP contribution in [-0.2, 0) is 14.3 Å². The first-order valence-electron chi connectivity index (χ1n) is 11.2. The maximum atomic E-state index is 13.2. The van der Waals surface area contributed by atoms with E-state index in [4.69, 9.17) is 24.7 Å². The Morgan fingerprint density at radius 2 is 1.68 bits per heavy atom. The average molecular weight is 479 g/mol. The first-order chi connectivity index (χ1) is 16.2. The Hall–Kier alpha value is -3.27. The van der Waals surface area contributed by atoms with Gasteiger partial charge in [0.1, 0.15) is 12.1 Å². The molecule has 0 unspecified atom stereocenters. The Morgan fingerprint density at radius 3 is 2.24 bits per heavy atom. The zero-order valence-corrected chi connectivity index (χ0v) is 20.1. The van der Waals surface area contributed by atoms with Gasteiger partial charge in [-0.15, -0.1) is 0 Å². The van der Waals surface area contributed by atoms with Crippen molar-refractivity contribution in [1.29, 1.82) is 0 Å². The van der Waals surface area contributed by atoms with Gasteiger partial charge in [-0.25, -0.2) is 4.79 Å². The molecule has 188 valence electrons. The quantitative estimate of drug-likeness (QED) is 0.325. The molecule has 2 rings (SSSR count). The fraction of sp³-hybridized carbons (Fsp3) is 0.542. The third-order valence-electron chi connectivity index (χ3n) is 5.61. The van der Waals surface area contributed by atoms with Crippen molar-refractivity contribution in [3.63, 3.8) is 0 Å². The number of benzene rings is 1. The van der Waals surface area contributed by atoms with Crippen molar-refractivity contribution < 1.29 is 38.4 Å². The zero-order valence-electron chi connectivity index (χ0n) is 20.1.